The lowest BCUT2D eigenvalue weighted by Crippen LogP contribution is -2.40. The topological polar surface area (TPSA) is 38.9 Å². The highest BCUT2D eigenvalue weighted by Gasteiger charge is 2.37. The molecule has 1 fully saturated rings. The molecule has 2 N–H and O–H groups in total. The smallest absolute Gasteiger partial charge is 0.113 e. The van der Waals surface area contributed by atoms with Gasteiger partial charge in [0.15, 0.2) is 0 Å². The number of aromatic nitrogens is 1. The van der Waals surface area contributed by atoms with Crippen molar-refractivity contribution in [3.05, 3.63) is 38.1 Å². The molecule has 0 radical (unpaired) electrons. The van der Waals surface area contributed by atoms with E-state index in [1.165, 1.54) is 34.5 Å². The highest BCUT2D eigenvalue weighted by atomic mass is 79.9. The highest BCUT2D eigenvalue weighted by molar-refractivity contribution is 9.10. The molecule has 1 saturated carbocycles. The zero-order valence-corrected chi connectivity index (χ0v) is 14.6. The molecule has 2 aliphatic rings. The summed E-state index contributed by atoms with van der Waals surface area (Å²) >= 11 is 5.39. The second-order valence-electron chi connectivity index (χ2n) is 6.63. The number of hydrogen-bond donors (Lipinski definition) is 1. The minimum absolute atomic E-state index is 0.192. The summed E-state index contributed by atoms with van der Waals surface area (Å²) in [5.74, 6) is 0.714. The molecule has 1 aromatic heterocycles. The minimum Gasteiger partial charge on any atom is -0.319 e. The number of nitrogens with zero attached hydrogens (tertiary/aromatic N) is 1. The second kappa shape index (κ2) is 4.90. The molecule has 2 unspecified atom stereocenters. The SMILES string of the molecule is CC1CCCC(N)(c2nc3c(s2)Cc2cc(Br)ccc2-3)C1. The maximum atomic E-state index is 6.72. The number of halogens is 1. The monoisotopic (exact) mass is 362 g/mol. The molecule has 0 aliphatic heterocycles. The summed E-state index contributed by atoms with van der Waals surface area (Å²) < 4.78 is 1.15. The van der Waals surface area contributed by atoms with E-state index in [4.69, 9.17) is 10.7 Å². The maximum Gasteiger partial charge on any atom is 0.113 e. The lowest BCUT2D eigenvalue weighted by molar-refractivity contribution is 0.238. The van der Waals surface area contributed by atoms with Crippen molar-refractivity contribution < 1.29 is 0 Å². The van der Waals surface area contributed by atoms with Gasteiger partial charge in [-0.05, 0) is 36.5 Å². The van der Waals surface area contributed by atoms with Crippen LogP contribution in [-0.2, 0) is 12.0 Å². The Labute approximate surface area is 137 Å². The summed E-state index contributed by atoms with van der Waals surface area (Å²) in [7, 11) is 0. The molecule has 1 aromatic carbocycles. The number of hydrogen-bond acceptors (Lipinski definition) is 3. The second-order valence-corrected chi connectivity index (χ2v) is 8.63. The fourth-order valence-corrected chi connectivity index (χ4v) is 5.44. The van der Waals surface area contributed by atoms with Crippen LogP contribution in [0.1, 0.15) is 48.1 Å². The van der Waals surface area contributed by atoms with Crippen LogP contribution in [0.2, 0.25) is 0 Å². The molecule has 2 nitrogen and oxygen atoms in total. The van der Waals surface area contributed by atoms with Gasteiger partial charge in [-0.1, -0.05) is 41.8 Å². The van der Waals surface area contributed by atoms with Gasteiger partial charge in [0.1, 0.15) is 5.01 Å². The lowest BCUT2D eigenvalue weighted by Gasteiger charge is -2.35. The molecule has 4 rings (SSSR count). The fourth-order valence-electron chi connectivity index (χ4n) is 3.79. The van der Waals surface area contributed by atoms with Crippen LogP contribution in [0.5, 0.6) is 0 Å². The van der Waals surface area contributed by atoms with E-state index in [0.29, 0.717) is 5.92 Å². The predicted octanol–water partition coefficient (Wildman–Crippen LogP) is 4.84. The lowest BCUT2D eigenvalue weighted by atomic mass is 9.77. The van der Waals surface area contributed by atoms with Gasteiger partial charge < -0.3 is 5.73 Å². The van der Waals surface area contributed by atoms with Crippen LogP contribution < -0.4 is 5.73 Å². The van der Waals surface area contributed by atoms with Crippen molar-refractivity contribution in [3.8, 4) is 11.3 Å². The van der Waals surface area contributed by atoms with Gasteiger partial charge in [-0.2, -0.15) is 0 Å². The Bertz CT molecular complexity index is 709. The largest absolute Gasteiger partial charge is 0.319 e. The first-order chi connectivity index (χ1) is 10.0. The van der Waals surface area contributed by atoms with Crippen LogP contribution in [0.3, 0.4) is 0 Å². The molecule has 1 heterocycles. The molecule has 0 bridgehead atoms. The number of nitrogens with two attached hydrogens (primary N) is 1. The molecular formula is C17H19BrN2S. The summed E-state index contributed by atoms with van der Waals surface area (Å²) in [6, 6.07) is 6.50. The van der Waals surface area contributed by atoms with E-state index in [1.807, 2.05) is 11.3 Å². The van der Waals surface area contributed by atoms with E-state index < -0.39 is 0 Å². The van der Waals surface area contributed by atoms with E-state index in [2.05, 4.69) is 41.1 Å². The summed E-state index contributed by atoms with van der Waals surface area (Å²) in [5.41, 5.74) is 10.4. The van der Waals surface area contributed by atoms with Gasteiger partial charge in [-0.25, -0.2) is 4.98 Å². The Morgan fingerprint density at radius 2 is 2.29 bits per heavy atom. The number of thiazole rings is 1. The number of fused-ring (bicyclic) bond motifs is 3. The molecule has 21 heavy (non-hydrogen) atoms. The summed E-state index contributed by atoms with van der Waals surface area (Å²) in [5, 5.41) is 1.16. The Kier molecular flexibility index (Phi) is 3.25. The molecule has 4 heteroatoms. The molecule has 110 valence electrons. The van der Waals surface area contributed by atoms with Crippen molar-refractivity contribution in [2.45, 2.75) is 44.6 Å². The third-order valence-corrected chi connectivity index (χ3v) is 6.60. The molecule has 0 spiro atoms. The van der Waals surface area contributed by atoms with Gasteiger partial charge >= 0.3 is 0 Å². The van der Waals surface area contributed by atoms with E-state index in [1.54, 1.807) is 0 Å². The third-order valence-electron chi connectivity index (χ3n) is 4.83. The van der Waals surface area contributed by atoms with Crippen LogP contribution in [0.4, 0.5) is 0 Å². The van der Waals surface area contributed by atoms with Crippen molar-refractivity contribution in [2.24, 2.45) is 11.7 Å². The van der Waals surface area contributed by atoms with Crippen molar-refractivity contribution in [2.75, 3.05) is 0 Å². The van der Waals surface area contributed by atoms with Gasteiger partial charge in [-0.3, -0.25) is 0 Å². The van der Waals surface area contributed by atoms with Crippen LogP contribution in [0, 0.1) is 5.92 Å². The van der Waals surface area contributed by atoms with Crippen LogP contribution in [-0.4, -0.2) is 4.98 Å². The van der Waals surface area contributed by atoms with Gasteiger partial charge in [0.25, 0.3) is 0 Å². The van der Waals surface area contributed by atoms with Crippen molar-refractivity contribution in [1.82, 2.24) is 4.98 Å². The van der Waals surface area contributed by atoms with E-state index in [9.17, 15) is 0 Å². The van der Waals surface area contributed by atoms with Crippen molar-refractivity contribution in [3.63, 3.8) is 0 Å². The van der Waals surface area contributed by atoms with Crippen LogP contribution >= 0.6 is 27.3 Å². The van der Waals surface area contributed by atoms with E-state index >= 15 is 0 Å². The van der Waals surface area contributed by atoms with Crippen LogP contribution in [0.15, 0.2) is 22.7 Å². The number of benzene rings is 1. The third kappa shape index (κ3) is 2.28. The molecule has 2 atom stereocenters. The normalized spacial score (nSPS) is 27.5. The Balaban J connectivity index is 1.73. The highest BCUT2D eigenvalue weighted by Crippen LogP contribution is 2.45. The summed E-state index contributed by atoms with van der Waals surface area (Å²) in [6.45, 7) is 2.31. The summed E-state index contributed by atoms with van der Waals surface area (Å²) in [4.78, 5) is 6.36. The Hall–Kier alpha value is -0.710. The van der Waals surface area contributed by atoms with Gasteiger partial charge in [-0.15, -0.1) is 11.3 Å². The first kappa shape index (κ1) is 13.9. The Morgan fingerprint density at radius 3 is 3.10 bits per heavy atom. The summed E-state index contributed by atoms with van der Waals surface area (Å²) in [6.07, 6.45) is 5.70. The molecule has 2 aliphatic carbocycles. The maximum absolute atomic E-state index is 6.72. The van der Waals surface area contributed by atoms with Crippen molar-refractivity contribution >= 4 is 27.3 Å². The molecule has 2 aromatic rings. The first-order valence-electron chi connectivity index (χ1n) is 7.63. The zero-order valence-electron chi connectivity index (χ0n) is 12.2. The van der Waals surface area contributed by atoms with Gasteiger partial charge in [0.05, 0.1) is 11.2 Å². The zero-order chi connectivity index (χ0) is 14.6. The quantitative estimate of drug-likeness (QED) is 0.672. The van der Waals surface area contributed by atoms with E-state index in [0.717, 1.165) is 28.7 Å². The van der Waals surface area contributed by atoms with E-state index in [-0.39, 0.29) is 5.54 Å². The molecular weight excluding hydrogens is 344 g/mol. The Morgan fingerprint density at radius 1 is 1.43 bits per heavy atom. The minimum atomic E-state index is -0.192. The fraction of sp³-hybridized carbons (Fsp3) is 0.471. The number of rotatable bonds is 1. The average molecular weight is 363 g/mol. The van der Waals surface area contributed by atoms with Gasteiger partial charge in [0.2, 0.25) is 0 Å². The molecule has 0 saturated heterocycles. The molecule has 0 amide bonds. The van der Waals surface area contributed by atoms with Gasteiger partial charge in [0, 0.05) is 21.3 Å². The van der Waals surface area contributed by atoms with Crippen LogP contribution in [0.25, 0.3) is 11.3 Å². The predicted molar refractivity (Wildman–Crippen MR) is 91.6 cm³/mol. The van der Waals surface area contributed by atoms with Crippen molar-refractivity contribution in [1.29, 1.82) is 0 Å². The first-order valence-corrected chi connectivity index (χ1v) is 9.24. The average Bonchev–Trinajstić information content (AvgIpc) is 2.95. The standard InChI is InChI=1S/C17H19BrN2S/c1-10-3-2-6-17(19,9-10)16-20-15-13-5-4-12(18)7-11(13)8-14(15)21-16/h4-5,7,10H,2-3,6,8-9,19H2,1H3.